The predicted molar refractivity (Wildman–Crippen MR) is 91.6 cm³/mol. The Kier molecular flexibility index (Phi) is 4.28. The van der Waals surface area contributed by atoms with Crippen molar-refractivity contribution in [1.82, 2.24) is 19.5 Å². The summed E-state index contributed by atoms with van der Waals surface area (Å²) in [5.74, 6) is 0.416. The van der Waals surface area contributed by atoms with Crippen molar-refractivity contribution in [2.45, 2.75) is 39.7 Å². The second-order valence-corrected chi connectivity index (χ2v) is 6.24. The molecule has 2 aromatic heterocycles. The van der Waals surface area contributed by atoms with Gasteiger partial charge in [0.15, 0.2) is 0 Å². The Hall–Kier alpha value is -2.43. The van der Waals surface area contributed by atoms with Crippen molar-refractivity contribution in [2.75, 3.05) is 0 Å². The molecule has 0 radical (unpaired) electrons. The molecule has 2 heterocycles. The van der Waals surface area contributed by atoms with E-state index in [1.54, 1.807) is 6.20 Å². The topological polar surface area (TPSA) is 63.6 Å². The Labute approximate surface area is 135 Å². The number of nitrogens with one attached hydrogen (secondary N) is 1. The maximum absolute atomic E-state index is 12.0. The Bertz CT molecular complexity index is 849. The van der Waals surface area contributed by atoms with E-state index in [1.807, 2.05) is 18.6 Å². The number of hydrogen-bond acceptors (Lipinski definition) is 3. The van der Waals surface area contributed by atoms with Crippen molar-refractivity contribution in [2.24, 2.45) is 5.92 Å². The zero-order valence-corrected chi connectivity index (χ0v) is 13.8. The van der Waals surface area contributed by atoms with Crippen molar-refractivity contribution in [1.29, 1.82) is 0 Å². The van der Waals surface area contributed by atoms with E-state index in [2.05, 4.69) is 52.4 Å². The first-order chi connectivity index (χ1) is 11.1. The molecule has 120 valence electrons. The van der Waals surface area contributed by atoms with E-state index >= 15 is 0 Å². The summed E-state index contributed by atoms with van der Waals surface area (Å²) in [6.07, 6.45) is 7.23. The molecule has 1 aromatic carbocycles. The molecule has 0 amide bonds. The van der Waals surface area contributed by atoms with Crippen LogP contribution in [0.5, 0.6) is 0 Å². The van der Waals surface area contributed by atoms with Crippen molar-refractivity contribution in [3.05, 3.63) is 58.5 Å². The van der Waals surface area contributed by atoms with Gasteiger partial charge in [-0.15, -0.1) is 0 Å². The minimum absolute atomic E-state index is 0.0814. The van der Waals surface area contributed by atoms with E-state index < -0.39 is 0 Å². The Morgan fingerprint density at radius 3 is 2.78 bits per heavy atom. The van der Waals surface area contributed by atoms with Gasteiger partial charge < -0.3 is 9.55 Å². The van der Waals surface area contributed by atoms with Crippen LogP contribution < -0.4 is 5.56 Å². The number of aromatic nitrogens is 4. The lowest BCUT2D eigenvalue weighted by Crippen LogP contribution is -2.17. The lowest BCUT2D eigenvalue weighted by molar-refractivity contribution is 0.437. The lowest BCUT2D eigenvalue weighted by Gasteiger charge is -2.23. The lowest BCUT2D eigenvalue weighted by atomic mass is 9.95. The van der Waals surface area contributed by atoms with Crippen LogP contribution in [0.15, 0.2) is 41.7 Å². The average molecular weight is 310 g/mol. The van der Waals surface area contributed by atoms with E-state index in [0.29, 0.717) is 18.0 Å². The van der Waals surface area contributed by atoms with Crippen LogP contribution >= 0.6 is 0 Å². The fourth-order valence-corrected chi connectivity index (χ4v) is 3.06. The Morgan fingerprint density at radius 2 is 2.13 bits per heavy atom. The molecule has 0 aliphatic heterocycles. The fourth-order valence-electron chi connectivity index (χ4n) is 3.06. The largest absolute Gasteiger partial charge is 0.330 e. The summed E-state index contributed by atoms with van der Waals surface area (Å²) in [5.41, 5.74) is 3.33. The molecule has 1 atom stereocenters. The molecule has 0 saturated heterocycles. The molecule has 0 saturated carbocycles. The quantitative estimate of drug-likeness (QED) is 0.786. The van der Waals surface area contributed by atoms with E-state index in [0.717, 1.165) is 17.5 Å². The van der Waals surface area contributed by atoms with Gasteiger partial charge in [-0.3, -0.25) is 4.79 Å². The van der Waals surface area contributed by atoms with E-state index in [-0.39, 0.29) is 11.6 Å². The van der Waals surface area contributed by atoms with Crippen LogP contribution in [0, 0.1) is 5.92 Å². The minimum Gasteiger partial charge on any atom is -0.330 e. The SMILES string of the molecule is CCCc1nc2cc(C(C(C)C)n3ccnc3)ccc2[nH]c1=O. The smallest absolute Gasteiger partial charge is 0.270 e. The van der Waals surface area contributed by atoms with Crippen molar-refractivity contribution in [3.8, 4) is 0 Å². The molecule has 0 aliphatic carbocycles. The molecular weight excluding hydrogens is 288 g/mol. The first-order valence-electron chi connectivity index (χ1n) is 8.10. The number of H-pyrrole nitrogens is 1. The van der Waals surface area contributed by atoms with Gasteiger partial charge in [0.25, 0.3) is 5.56 Å². The van der Waals surface area contributed by atoms with Crippen LogP contribution in [0.3, 0.4) is 0 Å². The number of hydrogen-bond donors (Lipinski definition) is 1. The highest BCUT2D eigenvalue weighted by atomic mass is 16.1. The number of benzene rings is 1. The van der Waals surface area contributed by atoms with Crippen LogP contribution in [0.4, 0.5) is 0 Å². The van der Waals surface area contributed by atoms with Crippen LogP contribution in [0.1, 0.15) is 44.5 Å². The molecule has 1 N–H and O–H groups in total. The standard InChI is InChI=1S/C18H22N4O/c1-4-5-15-18(23)21-14-7-6-13(10-16(14)20-15)17(12(2)3)22-9-8-19-11-22/h6-12,17H,4-5H2,1-3H3,(H,21,23). The van der Waals surface area contributed by atoms with Crippen LogP contribution in [0.25, 0.3) is 11.0 Å². The van der Waals surface area contributed by atoms with Gasteiger partial charge in [0, 0.05) is 12.4 Å². The van der Waals surface area contributed by atoms with E-state index in [1.165, 1.54) is 5.56 Å². The fraction of sp³-hybridized carbons (Fsp3) is 0.389. The number of nitrogens with zero attached hydrogens (tertiary/aromatic N) is 3. The van der Waals surface area contributed by atoms with Gasteiger partial charge in [0.1, 0.15) is 5.69 Å². The summed E-state index contributed by atoms with van der Waals surface area (Å²) in [7, 11) is 0. The zero-order chi connectivity index (χ0) is 16.4. The Morgan fingerprint density at radius 1 is 1.30 bits per heavy atom. The third-order valence-corrected chi connectivity index (χ3v) is 4.09. The number of aryl methyl sites for hydroxylation is 1. The van der Waals surface area contributed by atoms with E-state index in [9.17, 15) is 4.79 Å². The summed E-state index contributed by atoms with van der Waals surface area (Å²) in [6, 6.07) is 6.28. The molecule has 3 rings (SSSR count). The van der Waals surface area contributed by atoms with Crippen molar-refractivity contribution >= 4 is 11.0 Å². The zero-order valence-electron chi connectivity index (χ0n) is 13.8. The molecular formula is C18H22N4O. The molecule has 0 spiro atoms. The van der Waals surface area contributed by atoms with Gasteiger partial charge in [0.05, 0.1) is 23.4 Å². The molecule has 3 aromatic rings. The number of fused-ring (bicyclic) bond motifs is 1. The van der Waals surface area contributed by atoms with Gasteiger partial charge >= 0.3 is 0 Å². The highest BCUT2D eigenvalue weighted by molar-refractivity contribution is 5.75. The van der Waals surface area contributed by atoms with Crippen molar-refractivity contribution in [3.63, 3.8) is 0 Å². The number of aromatic amines is 1. The van der Waals surface area contributed by atoms with Gasteiger partial charge in [-0.05, 0) is 30.0 Å². The van der Waals surface area contributed by atoms with Crippen LogP contribution in [-0.4, -0.2) is 19.5 Å². The van der Waals surface area contributed by atoms with E-state index in [4.69, 9.17) is 0 Å². The second-order valence-electron chi connectivity index (χ2n) is 6.24. The van der Waals surface area contributed by atoms with Gasteiger partial charge in [-0.25, -0.2) is 9.97 Å². The van der Waals surface area contributed by atoms with Gasteiger partial charge in [0.2, 0.25) is 0 Å². The molecule has 5 heteroatoms. The summed E-state index contributed by atoms with van der Waals surface area (Å²) >= 11 is 0. The third-order valence-electron chi connectivity index (χ3n) is 4.09. The summed E-state index contributed by atoms with van der Waals surface area (Å²) in [4.78, 5) is 23.7. The number of imidazole rings is 1. The molecule has 0 bridgehead atoms. The molecule has 5 nitrogen and oxygen atoms in total. The highest BCUT2D eigenvalue weighted by Gasteiger charge is 2.18. The maximum Gasteiger partial charge on any atom is 0.270 e. The maximum atomic E-state index is 12.0. The minimum atomic E-state index is -0.0814. The second kappa shape index (κ2) is 6.36. The van der Waals surface area contributed by atoms with Crippen molar-refractivity contribution < 1.29 is 0 Å². The monoisotopic (exact) mass is 310 g/mol. The van der Waals surface area contributed by atoms with Gasteiger partial charge in [-0.2, -0.15) is 0 Å². The summed E-state index contributed by atoms with van der Waals surface area (Å²) in [5, 5.41) is 0. The number of rotatable bonds is 5. The molecule has 0 fully saturated rings. The molecule has 23 heavy (non-hydrogen) atoms. The summed E-state index contributed by atoms with van der Waals surface area (Å²) < 4.78 is 2.12. The third kappa shape index (κ3) is 3.04. The Balaban J connectivity index is 2.11. The molecule has 0 aliphatic rings. The van der Waals surface area contributed by atoms with Gasteiger partial charge in [-0.1, -0.05) is 33.3 Å². The summed E-state index contributed by atoms with van der Waals surface area (Å²) in [6.45, 7) is 6.44. The molecule has 1 unspecified atom stereocenters. The van der Waals surface area contributed by atoms with Crippen LogP contribution in [-0.2, 0) is 6.42 Å². The highest BCUT2D eigenvalue weighted by Crippen LogP contribution is 2.27. The first-order valence-corrected chi connectivity index (χ1v) is 8.10. The average Bonchev–Trinajstić information content (AvgIpc) is 3.02. The van der Waals surface area contributed by atoms with Crippen LogP contribution in [0.2, 0.25) is 0 Å². The first kappa shape index (κ1) is 15.5. The normalized spacial score (nSPS) is 12.9. The predicted octanol–water partition coefficient (Wildman–Crippen LogP) is 3.32.